The Morgan fingerprint density at radius 2 is 1.86 bits per heavy atom. The standard InChI is InChI=1S/C10H12F3N/c1-6-4-3-5-8(7(2)14)9(6)10(11,12)13/h3-5,7H,14H2,1-2H3/t7-/m0/s1. The van der Waals surface area contributed by atoms with Gasteiger partial charge >= 0.3 is 6.18 Å². The average molecular weight is 203 g/mol. The maximum absolute atomic E-state index is 12.6. The molecule has 14 heavy (non-hydrogen) atoms. The van der Waals surface area contributed by atoms with Crippen molar-refractivity contribution < 1.29 is 13.2 Å². The van der Waals surface area contributed by atoms with Crippen LogP contribution in [0.1, 0.15) is 29.7 Å². The number of alkyl halides is 3. The monoisotopic (exact) mass is 203 g/mol. The molecule has 0 fully saturated rings. The highest BCUT2D eigenvalue weighted by molar-refractivity contribution is 5.38. The van der Waals surface area contributed by atoms with E-state index in [9.17, 15) is 13.2 Å². The van der Waals surface area contributed by atoms with Gasteiger partial charge in [-0.1, -0.05) is 18.2 Å². The molecule has 0 aliphatic heterocycles. The number of halogens is 3. The Morgan fingerprint density at radius 1 is 1.29 bits per heavy atom. The summed E-state index contributed by atoms with van der Waals surface area (Å²) in [5.74, 6) is 0. The summed E-state index contributed by atoms with van der Waals surface area (Å²) >= 11 is 0. The molecule has 0 unspecified atom stereocenters. The lowest BCUT2D eigenvalue weighted by molar-refractivity contribution is -0.138. The second-order valence-electron chi connectivity index (χ2n) is 3.33. The fourth-order valence-electron chi connectivity index (χ4n) is 1.46. The van der Waals surface area contributed by atoms with E-state index in [1.807, 2.05) is 0 Å². The van der Waals surface area contributed by atoms with Gasteiger partial charge in [0.2, 0.25) is 0 Å². The second kappa shape index (κ2) is 3.61. The SMILES string of the molecule is Cc1cccc([C@H](C)N)c1C(F)(F)F. The molecular weight excluding hydrogens is 191 g/mol. The zero-order valence-corrected chi connectivity index (χ0v) is 8.02. The molecular formula is C10H12F3N. The summed E-state index contributed by atoms with van der Waals surface area (Å²) in [6.07, 6.45) is -4.33. The first-order valence-electron chi connectivity index (χ1n) is 4.26. The molecule has 0 saturated carbocycles. The van der Waals surface area contributed by atoms with Gasteiger partial charge in [0.05, 0.1) is 5.56 Å². The average Bonchev–Trinajstić information content (AvgIpc) is 2.01. The first kappa shape index (κ1) is 11.0. The van der Waals surface area contributed by atoms with Crippen molar-refractivity contribution in [2.75, 3.05) is 0 Å². The lowest BCUT2D eigenvalue weighted by Gasteiger charge is -2.17. The highest BCUT2D eigenvalue weighted by Gasteiger charge is 2.35. The van der Waals surface area contributed by atoms with E-state index in [1.54, 1.807) is 13.0 Å². The molecule has 0 aliphatic rings. The lowest BCUT2D eigenvalue weighted by Crippen LogP contribution is -2.16. The van der Waals surface area contributed by atoms with Crippen LogP contribution in [0.15, 0.2) is 18.2 Å². The van der Waals surface area contributed by atoms with Crippen LogP contribution in [0.3, 0.4) is 0 Å². The Kier molecular flexibility index (Phi) is 2.85. The fraction of sp³-hybridized carbons (Fsp3) is 0.400. The van der Waals surface area contributed by atoms with Gasteiger partial charge < -0.3 is 5.73 Å². The second-order valence-corrected chi connectivity index (χ2v) is 3.33. The lowest BCUT2D eigenvalue weighted by atomic mass is 9.97. The van der Waals surface area contributed by atoms with Gasteiger partial charge in [0.25, 0.3) is 0 Å². The molecule has 0 bridgehead atoms. The van der Waals surface area contributed by atoms with Crippen LogP contribution in [-0.2, 0) is 6.18 Å². The van der Waals surface area contributed by atoms with E-state index in [4.69, 9.17) is 5.73 Å². The van der Waals surface area contributed by atoms with Gasteiger partial charge in [-0.3, -0.25) is 0 Å². The summed E-state index contributed by atoms with van der Waals surface area (Å²) in [5.41, 5.74) is 5.24. The Hall–Kier alpha value is -1.03. The van der Waals surface area contributed by atoms with Crippen LogP contribution in [0, 0.1) is 6.92 Å². The molecule has 0 aliphatic carbocycles. The van der Waals surface area contributed by atoms with E-state index >= 15 is 0 Å². The number of rotatable bonds is 1. The molecule has 1 aromatic carbocycles. The molecule has 1 atom stereocenters. The van der Waals surface area contributed by atoms with Crippen molar-refractivity contribution in [1.29, 1.82) is 0 Å². The topological polar surface area (TPSA) is 26.0 Å². The fourth-order valence-corrected chi connectivity index (χ4v) is 1.46. The number of aryl methyl sites for hydroxylation is 1. The number of benzene rings is 1. The van der Waals surface area contributed by atoms with Crippen LogP contribution < -0.4 is 5.73 Å². The van der Waals surface area contributed by atoms with Crippen LogP contribution in [-0.4, -0.2) is 0 Å². The zero-order chi connectivity index (χ0) is 10.9. The van der Waals surface area contributed by atoms with Crippen LogP contribution in [0.2, 0.25) is 0 Å². The normalized spacial score (nSPS) is 14.1. The van der Waals surface area contributed by atoms with E-state index in [1.165, 1.54) is 19.1 Å². The number of hydrogen-bond acceptors (Lipinski definition) is 1. The summed E-state index contributed by atoms with van der Waals surface area (Å²) in [6.45, 7) is 2.98. The predicted octanol–water partition coefficient (Wildman–Crippen LogP) is 3.03. The van der Waals surface area contributed by atoms with E-state index < -0.39 is 17.8 Å². The van der Waals surface area contributed by atoms with Crippen LogP contribution in [0.4, 0.5) is 13.2 Å². The first-order chi connectivity index (χ1) is 6.34. The largest absolute Gasteiger partial charge is 0.416 e. The summed E-state index contributed by atoms with van der Waals surface area (Å²) in [4.78, 5) is 0. The van der Waals surface area contributed by atoms with Crippen molar-refractivity contribution in [3.05, 3.63) is 34.9 Å². The summed E-state index contributed by atoms with van der Waals surface area (Å²) < 4.78 is 37.8. The maximum atomic E-state index is 12.6. The summed E-state index contributed by atoms with van der Waals surface area (Å²) in [5, 5.41) is 0. The molecule has 2 N–H and O–H groups in total. The van der Waals surface area contributed by atoms with Crippen molar-refractivity contribution in [1.82, 2.24) is 0 Å². The van der Waals surface area contributed by atoms with Crippen LogP contribution in [0.25, 0.3) is 0 Å². The Balaban J connectivity index is 3.38. The molecule has 1 aromatic rings. The van der Waals surface area contributed by atoms with E-state index in [2.05, 4.69) is 0 Å². The van der Waals surface area contributed by atoms with Crippen LogP contribution >= 0.6 is 0 Å². The molecule has 0 radical (unpaired) electrons. The molecule has 0 saturated heterocycles. The molecule has 0 heterocycles. The number of hydrogen-bond donors (Lipinski definition) is 1. The van der Waals surface area contributed by atoms with Gasteiger partial charge in [-0.05, 0) is 25.0 Å². The van der Waals surface area contributed by atoms with E-state index in [0.29, 0.717) is 0 Å². The van der Waals surface area contributed by atoms with Gasteiger partial charge in [0, 0.05) is 6.04 Å². The molecule has 1 rings (SSSR count). The smallest absolute Gasteiger partial charge is 0.324 e. The van der Waals surface area contributed by atoms with E-state index in [-0.39, 0.29) is 11.1 Å². The minimum absolute atomic E-state index is 0.150. The summed E-state index contributed by atoms with van der Waals surface area (Å²) in [7, 11) is 0. The minimum Gasteiger partial charge on any atom is -0.324 e. The van der Waals surface area contributed by atoms with Crippen molar-refractivity contribution in [2.45, 2.75) is 26.1 Å². The third kappa shape index (κ3) is 2.07. The molecule has 0 amide bonds. The van der Waals surface area contributed by atoms with Gasteiger partial charge in [0.15, 0.2) is 0 Å². The molecule has 0 spiro atoms. The molecule has 4 heteroatoms. The minimum atomic E-state index is -4.33. The Bertz CT molecular complexity index is 329. The highest BCUT2D eigenvalue weighted by Crippen LogP contribution is 2.36. The van der Waals surface area contributed by atoms with Crippen molar-refractivity contribution in [3.8, 4) is 0 Å². The van der Waals surface area contributed by atoms with E-state index in [0.717, 1.165) is 0 Å². The zero-order valence-electron chi connectivity index (χ0n) is 8.02. The first-order valence-corrected chi connectivity index (χ1v) is 4.26. The predicted molar refractivity (Wildman–Crippen MR) is 48.8 cm³/mol. The quantitative estimate of drug-likeness (QED) is 0.745. The maximum Gasteiger partial charge on any atom is 0.416 e. The van der Waals surface area contributed by atoms with Gasteiger partial charge in [-0.15, -0.1) is 0 Å². The molecule has 78 valence electrons. The molecule has 0 aromatic heterocycles. The Morgan fingerprint density at radius 3 is 2.21 bits per heavy atom. The Labute approximate surface area is 80.7 Å². The highest BCUT2D eigenvalue weighted by atomic mass is 19.4. The van der Waals surface area contributed by atoms with Crippen molar-refractivity contribution >= 4 is 0 Å². The third-order valence-electron chi connectivity index (χ3n) is 2.08. The van der Waals surface area contributed by atoms with Gasteiger partial charge in [-0.2, -0.15) is 13.2 Å². The molecule has 1 nitrogen and oxygen atoms in total. The van der Waals surface area contributed by atoms with Crippen molar-refractivity contribution in [2.24, 2.45) is 5.73 Å². The third-order valence-corrected chi connectivity index (χ3v) is 2.08. The number of nitrogens with two attached hydrogens (primary N) is 1. The van der Waals surface area contributed by atoms with Crippen molar-refractivity contribution in [3.63, 3.8) is 0 Å². The van der Waals surface area contributed by atoms with Crippen LogP contribution in [0.5, 0.6) is 0 Å². The van der Waals surface area contributed by atoms with Gasteiger partial charge in [0.1, 0.15) is 0 Å². The van der Waals surface area contributed by atoms with Gasteiger partial charge in [-0.25, -0.2) is 0 Å². The summed E-state index contributed by atoms with van der Waals surface area (Å²) in [6, 6.07) is 3.84.